The van der Waals surface area contributed by atoms with Crippen molar-refractivity contribution < 1.29 is 14.9 Å². The third-order valence-electron chi connectivity index (χ3n) is 2.82. The molecule has 0 spiro atoms. The van der Waals surface area contributed by atoms with Crippen molar-refractivity contribution in [3.05, 3.63) is 43.5 Å². The molecule has 10 heteroatoms. The second-order valence-electron chi connectivity index (χ2n) is 4.00. The molecule has 1 aliphatic heterocycles. The maximum absolute atomic E-state index is 11.7. The first kappa shape index (κ1) is 13.3. The monoisotopic (exact) mass is 269 g/mol. The predicted molar refractivity (Wildman–Crippen MR) is 61.0 cm³/mol. The number of aliphatic hydroxyl groups excluding tert-OH is 2. The van der Waals surface area contributed by atoms with Gasteiger partial charge in [-0.2, -0.15) is 0 Å². The smallest absolute Gasteiger partial charge is 0.330 e. The number of aromatic nitrogens is 2. The van der Waals surface area contributed by atoms with E-state index in [9.17, 15) is 14.7 Å². The van der Waals surface area contributed by atoms with Gasteiger partial charge in [0.05, 0.1) is 12.7 Å². The second kappa shape index (κ2) is 4.86. The van der Waals surface area contributed by atoms with Gasteiger partial charge in [0.1, 0.15) is 6.10 Å². The largest absolute Gasteiger partial charge is 0.394 e. The number of nitrogens with one attached hydrogen (secondary N) is 1. The summed E-state index contributed by atoms with van der Waals surface area (Å²) in [4.78, 5) is 27.2. The van der Waals surface area contributed by atoms with Crippen molar-refractivity contribution in [2.75, 3.05) is 6.61 Å². The molecule has 2 rings (SSSR count). The molecule has 1 fully saturated rings. The number of nitrogens with zero attached hydrogens (tertiary/aromatic N) is 4. The number of ether oxygens (including phenoxy) is 1. The Kier molecular flexibility index (Phi) is 3.40. The van der Waals surface area contributed by atoms with E-state index in [4.69, 9.17) is 15.4 Å². The fourth-order valence-electron chi connectivity index (χ4n) is 1.98. The number of hydrogen-bond acceptors (Lipinski definition) is 6. The minimum atomic E-state index is -2.01. The van der Waals surface area contributed by atoms with Gasteiger partial charge in [0.15, 0.2) is 0 Å². The van der Waals surface area contributed by atoms with Crippen molar-refractivity contribution in [1.29, 1.82) is 0 Å². The highest BCUT2D eigenvalue weighted by Gasteiger charge is 2.50. The van der Waals surface area contributed by atoms with Gasteiger partial charge in [0, 0.05) is 23.6 Å². The Balaban J connectivity index is 2.60. The molecule has 1 saturated heterocycles. The van der Waals surface area contributed by atoms with Crippen molar-refractivity contribution in [3.8, 4) is 0 Å². The van der Waals surface area contributed by atoms with Crippen LogP contribution in [0, 0.1) is 0 Å². The maximum atomic E-state index is 11.7. The van der Waals surface area contributed by atoms with Gasteiger partial charge in [-0.25, -0.2) is 4.79 Å². The zero-order valence-electron chi connectivity index (χ0n) is 9.63. The molecule has 19 heavy (non-hydrogen) atoms. The van der Waals surface area contributed by atoms with E-state index in [2.05, 4.69) is 10.0 Å². The molecular formula is C9H11N5O5. The number of H-pyrrole nitrogens is 1. The number of rotatable bonds is 3. The predicted octanol–water partition coefficient (Wildman–Crippen LogP) is -1.40. The number of hydrogen-bond donors (Lipinski definition) is 3. The van der Waals surface area contributed by atoms with Crippen molar-refractivity contribution in [2.24, 2.45) is 5.11 Å². The van der Waals surface area contributed by atoms with E-state index in [1.165, 1.54) is 0 Å². The van der Waals surface area contributed by atoms with E-state index in [1.807, 2.05) is 4.98 Å². The lowest BCUT2D eigenvalue weighted by atomic mass is 10.1. The molecule has 0 aliphatic carbocycles. The minimum absolute atomic E-state index is 0.0128. The lowest BCUT2D eigenvalue weighted by molar-refractivity contribution is -0.145. The quantitative estimate of drug-likeness (QED) is 0.350. The molecule has 3 atom stereocenters. The molecular weight excluding hydrogens is 258 g/mol. The van der Waals surface area contributed by atoms with Crippen LogP contribution in [0.15, 0.2) is 27.0 Å². The number of aromatic amines is 1. The van der Waals surface area contributed by atoms with Crippen LogP contribution < -0.4 is 11.2 Å². The molecule has 0 saturated carbocycles. The summed E-state index contributed by atoms with van der Waals surface area (Å²) in [6, 6.07) is 1.03. The van der Waals surface area contributed by atoms with Crippen LogP contribution in [0.2, 0.25) is 0 Å². The molecule has 0 amide bonds. The standard InChI is InChI=1S/C9H11N5O5/c10-13-12-9(6(16)3-5(4-15)19-9)14-2-1-7(17)11-8(14)18/h1-2,5-6,15-16H,3-4H2,(H,11,17,18)/t5-,6+,9-/m0/s1. The van der Waals surface area contributed by atoms with Gasteiger partial charge >= 0.3 is 5.69 Å². The molecule has 1 aromatic rings. The molecule has 3 N–H and O–H groups in total. The molecule has 0 unspecified atom stereocenters. The Morgan fingerprint density at radius 3 is 2.95 bits per heavy atom. The van der Waals surface area contributed by atoms with Gasteiger partial charge in [-0.3, -0.25) is 14.3 Å². The van der Waals surface area contributed by atoms with Crippen LogP contribution >= 0.6 is 0 Å². The Morgan fingerprint density at radius 1 is 1.68 bits per heavy atom. The SMILES string of the molecule is [N-]=[N+]=N[C@@]1(n2ccc(=O)[nH]c2=O)O[C@H](CO)C[C@H]1O. The fourth-order valence-corrected chi connectivity index (χ4v) is 1.98. The van der Waals surface area contributed by atoms with Crippen molar-refractivity contribution >= 4 is 0 Å². The Labute approximate surface area is 105 Å². The van der Waals surface area contributed by atoms with E-state index >= 15 is 0 Å². The van der Waals surface area contributed by atoms with Gasteiger partial charge in [-0.1, -0.05) is 0 Å². The van der Waals surface area contributed by atoms with Crippen molar-refractivity contribution in [2.45, 2.75) is 24.5 Å². The van der Waals surface area contributed by atoms with E-state index in [0.717, 1.165) is 16.8 Å². The van der Waals surface area contributed by atoms with Crippen LogP contribution in [0.3, 0.4) is 0 Å². The first-order valence-electron chi connectivity index (χ1n) is 5.39. The summed E-state index contributed by atoms with van der Waals surface area (Å²) in [7, 11) is 0. The first-order chi connectivity index (χ1) is 9.03. The van der Waals surface area contributed by atoms with E-state index in [1.54, 1.807) is 0 Å². The highest BCUT2D eigenvalue weighted by atomic mass is 16.6. The Hall–Kier alpha value is -2.13. The third kappa shape index (κ3) is 2.13. The van der Waals surface area contributed by atoms with Crippen LogP contribution in [-0.2, 0) is 10.6 Å². The number of azide groups is 1. The average molecular weight is 269 g/mol. The fraction of sp³-hybridized carbons (Fsp3) is 0.556. The minimum Gasteiger partial charge on any atom is -0.394 e. The van der Waals surface area contributed by atoms with E-state index in [0.29, 0.717) is 0 Å². The van der Waals surface area contributed by atoms with Crippen LogP contribution in [-0.4, -0.2) is 38.6 Å². The summed E-state index contributed by atoms with van der Waals surface area (Å²) < 4.78 is 6.06. The topological polar surface area (TPSA) is 153 Å². The number of aliphatic hydroxyl groups is 2. The van der Waals surface area contributed by atoms with Crippen molar-refractivity contribution in [1.82, 2.24) is 9.55 Å². The van der Waals surface area contributed by atoms with Crippen molar-refractivity contribution in [3.63, 3.8) is 0 Å². The molecule has 1 aliphatic rings. The van der Waals surface area contributed by atoms with Crippen LogP contribution in [0.1, 0.15) is 6.42 Å². The summed E-state index contributed by atoms with van der Waals surface area (Å²) in [5, 5.41) is 22.3. The molecule has 2 heterocycles. The summed E-state index contributed by atoms with van der Waals surface area (Å²) in [5.74, 6) is -2.01. The molecule has 0 aromatic carbocycles. The molecule has 1 aromatic heterocycles. The lowest BCUT2D eigenvalue weighted by Gasteiger charge is -2.28. The van der Waals surface area contributed by atoms with Gasteiger partial charge in [0.2, 0.25) is 0 Å². The molecule has 0 bridgehead atoms. The van der Waals surface area contributed by atoms with E-state index in [-0.39, 0.29) is 6.42 Å². The third-order valence-corrected chi connectivity index (χ3v) is 2.82. The van der Waals surface area contributed by atoms with Gasteiger partial charge in [-0.05, 0) is 10.6 Å². The summed E-state index contributed by atoms with van der Waals surface area (Å²) in [6.45, 7) is -0.405. The zero-order valence-corrected chi connectivity index (χ0v) is 9.63. The Morgan fingerprint density at radius 2 is 2.42 bits per heavy atom. The van der Waals surface area contributed by atoms with Gasteiger partial charge in [-0.15, -0.1) is 0 Å². The van der Waals surface area contributed by atoms with Crippen LogP contribution in [0.4, 0.5) is 0 Å². The van der Waals surface area contributed by atoms with Gasteiger partial charge < -0.3 is 14.9 Å². The highest BCUT2D eigenvalue weighted by Crippen LogP contribution is 2.35. The maximum Gasteiger partial charge on any atom is 0.330 e. The molecule has 10 nitrogen and oxygen atoms in total. The average Bonchev–Trinajstić information content (AvgIpc) is 2.67. The van der Waals surface area contributed by atoms with Crippen LogP contribution in [0.25, 0.3) is 10.4 Å². The Bertz CT molecular complexity index is 632. The van der Waals surface area contributed by atoms with E-state index < -0.39 is 35.9 Å². The molecule has 102 valence electrons. The first-order valence-corrected chi connectivity index (χ1v) is 5.39. The molecule has 0 radical (unpaired) electrons. The summed E-state index contributed by atoms with van der Waals surface area (Å²) in [5.41, 5.74) is 7.07. The summed E-state index contributed by atoms with van der Waals surface area (Å²) >= 11 is 0. The normalized spacial score (nSPS) is 30.0. The summed E-state index contributed by atoms with van der Waals surface area (Å²) in [6.07, 6.45) is -1.07. The van der Waals surface area contributed by atoms with Gasteiger partial charge in [0.25, 0.3) is 11.4 Å². The second-order valence-corrected chi connectivity index (χ2v) is 4.00. The lowest BCUT2D eigenvalue weighted by Crippen LogP contribution is -2.48. The van der Waals surface area contributed by atoms with Crippen LogP contribution in [0.5, 0.6) is 0 Å². The highest BCUT2D eigenvalue weighted by molar-refractivity contribution is 4.96. The zero-order chi connectivity index (χ0) is 14.0.